The zero-order chi connectivity index (χ0) is 13.0. The molecule has 0 saturated carbocycles. The van der Waals surface area contributed by atoms with E-state index in [2.05, 4.69) is 31.8 Å². The van der Waals surface area contributed by atoms with Crippen LogP contribution in [-0.2, 0) is 0 Å². The molecule has 1 atom stereocenters. The highest BCUT2D eigenvalue weighted by Crippen LogP contribution is 2.11. The number of aromatic nitrogens is 5. The summed E-state index contributed by atoms with van der Waals surface area (Å²) >= 11 is 5.87. The third kappa shape index (κ3) is 3.04. The molecule has 6 nitrogen and oxygen atoms in total. The molecule has 0 aromatic carbocycles. The number of hydrogen-bond donors (Lipinski definition) is 1. The zero-order valence-corrected chi connectivity index (χ0v) is 10.7. The summed E-state index contributed by atoms with van der Waals surface area (Å²) in [5.41, 5.74) is 0. The van der Waals surface area contributed by atoms with Gasteiger partial charge in [-0.25, -0.2) is 4.98 Å². The van der Waals surface area contributed by atoms with Gasteiger partial charge in [-0.05, 0) is 24.9 Å². The minimum Gasteiger partial charge on any atom is -0.351 e. The average molecular weight is 265 g/mol. The van der Waals surface area contributed by atoms with Gasteiger partial charge >= 0.3 is 0 Å². The SMILES string of the molecule is C=CCC(C)Nc1nc(Cl)nc(-n2ccnc2)n1. The third-order valence-corrected chi connectivity index (χ3v) is 2.40. The Morgan fingerprint density at radius 2 is 2.33 bits per heavy atom. The van der Waals surface area contributed by atoms with Crippen molar-refractivity contribution in [3.63, 3.8) is 0 Å². The fourth-order valence-corrected chi connectivity index (χ4v) is 1.58. The molecule has 94 valence electrons. The molecule has 0 aliphatic carbocycles. The first-order chi connectivity index (χ1) is 8.69. The van der Waals surface area contributed by atoms with Crippen molar-refractivity contribution in [2.24, 2.45) is 0 Å². The van der Waals surface area contributed by atoms with Crippen molar-refractivity contribution >= 4 is 17.5 Å². The molecular formula is C11H13ClN6. The van der Waals surface area contributed by atoms with Crippen LogP contribution in [0.25, 0.3) is 5.95 Å². The summed E-state index contributed by atoms with van der Waals surface area (Å²) in [5, 5.41) is 3.28. The molecule has 18 heavy (non-hydrogen) atoms. The lowest BCUT2D eigenvalue weighted by Gasteiger charge is -2.12. The molecule has 1 N–H and O–H groups in total. The lowest BCUT2D eigenvalue weighted by atomic mass is 10.2. The number of nitrogens with one attached hydrogen (secondary N) is 1. The van der Waals surface area contributed by atoms with Gasteiger partial charge < -0.3 is 5.32 Å². The Labute approximate surface area is 110 Å². The predicted molar refractivity (Wildman–Crippen MR) is 69.9 cm³/mol. The molecule has 2 heterocycles. The molecule has 0 saturated heterocycles. The van der Waals surface area contributed by atoms with Gasteiger partial charge in [0.25, 0.3) is 0 Å². The molecule has 0 radical (unpaired) electrons. The first kappa shape index (κ1) is 12.5. The van der Waals surface area contributed by atoms with Crippen LogP contribution in [0, 0.1) is 0 Å². The number of rotatable bonds is 5. The maximum atomic E-state index is 5.87. The molecule has 2 aromatic rings. The molecule has 1 unspecified atom stereocenters. The fraction of sp³-hybridized carbons (Fsp3) is 0.273. The largest absolute Gasteiger partial charge is 0.351 e. The van der Waals surface area contributed by atoms with Crippen molar-refractivity contribution in [3.05, 3.63) is 36.7 Å². The number of halogens is 1. The number of imidazole rings is 1. The summed E-state index contributed by atoms with van der Waals surface area (Å²) in [4.78, 5) is 16.3. The highest BCUT2D eigenvalue weighted by molar-refractivity contribution is 6.28. The third-order valence-electron chi connectivity index (χ3n) is 2.23. The second-order valence-corrected chi connectivity index (χ2v) is 4.11. The van der Waals surface area contributed by atoms with Gasteiger partial charge in [-0.3, -0.25) is 4.57 Å². The summed E-state index contributed by atoms with van der Waals surface area (Å²) < 4.78 is 1.66. The van der Waals surface area contributed by atoms with E-state index in [0.29, 0.717) is 11.9 Å². The van der Waals surface area contributed by atoms with Gasteiger partial charge in [0, 0.05) is 18.4 Å². The molecule has 2 rings (SSSR count). The first-order valence-corrected chi connectivity index (χ1v) is 5.84. The van der Waals surface area contributed by atoms with Gasteiger partial charge in [0.2, 0.25) is 17.2 Å². The van der Waals surface area contributed by atoms with Gasteiger partial charge in [0.1, 0.15) is 6.33 Å². The lowest BCUT2D eigenvalue weighted by molar-refractivity contribution is 0.788. The molecule has 0 aliphatic rings. The van der Waals surface area contributed by atoms with Crippen LogP contribution in [0.15, 0.2) is 31.4 Å². The zero-order valence-electron chi connectivity index (χ0n) is 9.91. The van der Waals surface area contributed by atoms with Crippen molar-refractivity contribution < 1.29 is 0 Å². The lowest BCUT2D eigenvalue weighted by Crippen LogP contribution is -2.17. The molecule has 2 aromatic heterocycles. The average Bonchev–Trinajstić information content (AvgIpc) is 2.81. The van der Waals surface area contributed by atoms with Crippen molar-refractivity contribution in [3.8, 4) is 5.95 Å². The molecule has 0 bridgehead atoms. The van der Waals surface area contributed by atoms with Crippen LogP contribution >= 0.6 is 11.6 Å². The Balaban J connectivity index is 2.24. The monoisotopic (exact) mass is 264 g/mol. The normalized spacial score (nSPS) is 12.1. The Kier molecular flexibility index (Phi) is 3.88. The minimum atomic E-state index is 0.141. The van der Waals surface area contributed by atoms with Crippen molar-refractivity contribution in [1.29, 1.82) is 0 Å². The van der Waals surface area contributed by atoms with E-state index in [9.17, 15) is 0 Å². The maximum absolute atomic E-state index is 5.87. The molecule has 7 heteroatoms. The van der Waals surface area contributed by atoms with Crippen molar-refractivity contribution in [2.45, 2.75) is 19.4 Å². The summed E-state index contributed by atoms with van der Waals surface area (Å²) in [7, 11) is 0. The minimum absolute atomic E-state index is 0.141. The summed E-state index contributed by atoms with van der Waals surface area (Å²) in [6, 6.07) is 0.177. The van der Waals surface area contributed by atoms with Gasteiger partial charge in [0.15, 0.2) is 0 Å². The molecule has 0 amide bonds. The number of anilines is 1. The van der Waals surface area contributed by atoms with E-state index in [0.717, 1.165) is 6.42 Å². The van der Waals surface area contributed by atoms with Gasteiger partial charge in [0.05, 0.1) is 0 Å². The van der Waals surface area contributed by atoms with Crippen LogP contribution in [-0.4, -0.2) is 30.5 Å². The van der Waals surface area contributed by atoms with E-state index in [4.69, 9.17) is 11.6 Å². The maximum Gasteiger partial charge on any atom is 0.241 e. The summed E-state index contributed by atoms with van der Waals surface area (Å²) in [6.45, 7) is 5.70. The number of nitrogens with zero attached hydrogens (tertiary/aromatic N) is 5. The predicted octanol–water partition coefficient (Wildman–Crippen LogP) is 2.09. The quantitative estimate of drug-likeness (QED) is 0.838. The second-order valence-electron chi connectivity index (χ2n) is 3.77. The standard InChI is InChI=1S/C11H13ClN6/c1-3-4-8(2)14-10-15-9(12)16-11(17-10)18-6-5-13-7-18/h3,5-8H,1,4H2,2H3,(H,14,15,16,17). The summed E-state index contributed by atoms with van der Waals surface area (Å²) in [6.07, 6.45) is 7.62. The van der Waals surface area contributed by atoms with Gasteiger partial charge in [-0.15, -0.1) is 6.58 Å². The smallest absolute Gasteiger partial charge is 0.241 e. The van der Waals surface area contributed by atoms with Crippen LogP contribution < -0.4 is 5.32 Å². The van der Waals surface area contributed by atoms with Crippen LogP contribution in [0.1, 0.15) is 13.3 Å². The highest BCUT2D eigenvalue weighted by Gasteiger charge is 2.08. The van der Waals surface area contributed by atoms with E-state index in [-0.39, 0.29) is 11.3 Å². The van der Waals surface area contributed by atoms with E-state index >= 15 is 0 Å². The molecule has 0 fully saturated rings. The van der Waals surface area contributed by atoms with Gasteiger partial charge in [-0.2, -0.15) is 15.0 Å². The van der Waals surface area contributed by atoms with Crippen LogP contribution in [0.3, 0.4) is 0 Å². The van der Waals surface area contributed by atoms with Crippen LogP contribution in [0.4, 0.5) is 5.95 Å². The van der Waals surface area contributed by atoms with E-state index in [1.807, 2.05) is 13.0 Å². The Bertz CT molecular complexity index is 524. The Morgan fingerprint density at radius 3 is 3.00 bits per heavy atom. The fourth-order valence-electron chi connectivity index (χ4n) is 1.43. The molecule has 0 aliphatic heterocycles. The Hall–Kier alpha value is -1.95. The van der Waals surface area contributed by atoms with E-state index in [1.165, 1.54) is 0 Å². The van der Waals surface area contributed by atoms with E-state index < -0.39 is 0 Å². The van der Waals surface area contributed by atoms with Gasteiger partial charge in [-0.1, -0.05) is 6.08 Å². The van der Waals surface area contributed by atoms with Crippen LogP contribution in [0.2, 0.25) is 5.28 Å². The molecule has 0 spiro atoms. The van der Waals surface area contributed by atoms with E-state index in [1.54, 1.807) is 23.3 Å². The summed E-state index contributed by atoms with van der Waals surface area (Å²) in [5.74, 6) is 0.869. The van der Waals surface area contributed by atoms with Crippen LogP contribution in [0.5, 0.6) is 0 Å². The Morgan fingerprint density at radius 1 is 1.50 bits per heavy atom. The van der Waals surface area contributed by atoms with Crippen molar-refractivity contribution in [2.75, 3.05) is 5.32 Å². The molecular weight excluding hydrogens is 252 g/mol. The highest BCUT2D eigenvalue weighted by atomic mass is 35.5. The first-order valence-electron chi connectivity index (χ1n) is 5.46. The number of hydrogen-bond acceptors (Lipinski definition) is 5. The van der Waals surface area contributed by atoms with Crippen molar-refractivity contribution in [1.82, 2.24) is 24.5 Å². The topological polar surface area (TPSA) is 68.5 Å². The second kappa shape index (κ2) is 5.59.